The molecule has 9 heteroatoms. The van der Waals surface area contributed by atoms with Crippen molar-refractivity contribution < 1.29 is 27.2 Å². The summed E-state index contributed by atoms with van der Waals surface area (Å²) in [7, 11) is 1.73. The van der Waals surface area contributed by atoms with E-state index < -0.39 is 11.7 Å². The highest BCUT2D eigenvalue weighted by Crippen LogP contribution is 2.31. The van der Waals surface area contributed by atoms with Crippen molar-refractivity contribution in [3.63, 3.8) is 0 Å². The molecule has 0 atom stereocenters. The Morgan fingerprint density at radius 2 is 2.15 bits per heavy atom. The van der Waals surface area contributed by atoms with Gasteiger partial charge in [0.1, 0.15) is 5.75 Å². The molecular weight excluding hydrogens is 351 g/mol. The van der Waals surface area contributed by atoms with Crippen LogP contribution in [0, 0.1) is 5.92 Å². The van der Waals surface area contributed by atoms with E-state index in [4.69, 9.17) is 9.26 Å². The summed E-state index contributed by atoms with van der Waals surface area (Å²) in [6.07, 6.45) is -2.10. The number of rotatable bonds is 7. The summed E-state index contributed by atoms with van der Waals surface area (Å²) in [6, 6.07) is 4.57. The van der Waals surface area contributed by atoms with Gasteiger partial charge in [-0.2, -0.15) is 18.2 Å². The van der Waals surface area contributed by atoms with Crippen LogP contribution in [-0.4, -0.2) is 34.5 Å². The zero-order valence-corrected chi connectivity index (χ0v) is 14.1. The monoisotopic (exact) mass is 369 g/mol. The minimum atomic E-state index is -4.43. The first kappa shape index (κ1) is 18.2. The number of halogens is 3. The molecule has 6 nitrogen and oxygen atoms in total. The Morgan fingerprint density at radius 3 is 2.85 bits per heavy atom. The summed E-state index contributed by atoms with van der Waals surface area (Å²) in [6.45, 7) is 0.341. The summed E-state index contributed by atoms with van der Waals surface area (Å²) in [5, 5.41) is 3.79. The molecule has 2 aromatic rings. The predicted molar refractivity (Wildman–Crippen MR) is 84.1 cm³/mol. The normalized spacial score (nSPS) is 14.3. The van der Waals surface area contributed by atoms with Gasteiger partial charge in [-0.05, 0) is 31.0 Å². The lowest BCUT2D eigenvalue weighted by molar-refractivity contribution is -0.137. The van der Waals surface area contributed by atoms with Crippen molar-refractivity contribution in [3.8, 4) is 5.75 Å². The quantitative estimate of drug-likeness (QED) is 0.750. The van der Waals surface area contributed by atoms with Crippen molar-refractivity contribution in [2.24, 2.45) is 5.92 Å². The van der Waals surface area contributed by atoms with Crippen LogP contribution >= 0.6 is 0 Å². The molecule has 3 rings (SSSR count). The van der Waals surface area contributed by atoms with E-state index in [1.807, 2.05) is 0 Å². The van der Waals surface area contributed by atoms with Crippen LogP contribution in [0.3, 0.4) is 0 Å². The summed E-state index contributed by atoms with van der Waals surface area (Å²) in [5.41, 5.74) is -0.787. The minimum Gasteiger partial charge on any atom is -0.484 e. The highest BCUT2D eigenvalue weighted by atomic mass is 19.4. The molecule has 140 valence electrons. The molecule has 1 fully saturated rings. The maximum atomic E-state index is 12.7. The summed E-state index contributed by atoms with van der Waals surface area (Å²) >= 11 is 0. The fraction of sp³-hybridized carbons (Fsp3) is 0.471. The van der Waals surface area contributed by atoms with Crippen LogP contribution in [0.5, 0.6) is 5.75 Å². The molecule has 0 unspecified atom stereocenters. The molecule has 0 radical (unpaired) electrons. The number of likely N-dealkylation sites (N-methyl/N-ethyl adjacent to an activating group) is 1. The molecule has 1 heterocycles. The lowest BCUT2D eigenvalue weighted by Gasteiger charge is -2.15. The number of aromatic nitrogens is 2. The lowest BCUT2D eigenvalue weighted by Crippen LogP contribution is -2.30. The smallest absolute Gasteiger partial charge is 0.416 e. The van der Waals surface area contributed by atoms with Gasteiger partial charge in [-0.15, -0.1) is 0 Å². The van der Waals surface area contributed by atoms with Crippen molar-refractivity contribution in [1.82, 2.24) is 15.0 Å². The molecule has 1 aromatic heterocycles. The Balaban J connectivity index is 1.50. The van der Waals surface area contributed by atoms with Gasteiger partial charge in [-0.3, -0.25) is 4.79 Å². The SMILES string of the molecule is CN(CCc1noc(COc2cccc(C(F)(F)F)c2)n1)C(=O)C1CC1. The maximum Gasteiger partial charge on any atom is 0.416 e. The largest absolute Gasteiger partial charge is 0.484 e. The highest BCUT2D eigenvalue weighted by molar-refractivity contribution is 5.80. The van der Waals surface area contributed by atoms with Crippen LogP contribution in [0.25, 0.3) is 0 Å². The van der Waals surface area contributed by atoms with Gasteiger partial charge < -0.3 is 14.2 Å². The van der Waals surface area contributed by atoms with Crippen molar-refractivity contribution in [2.45, 2.75) is 32.0 Å². The zero-order valence-electron chi connectivity index (χ0n) is 14.1. The molecule has 26 heavy (non-hydrogen) atoms. The fourth-order valence-electron chi connectivity index (χ4n) is 2.38. The van der Waals surface area contributed by atoms with Crippen LogP contribution in [0.15, 0.2) is 28.8 Å². The van der Waals surface area contributed by atoms with Crippen LogP contribution in [0.4, 0.5) is 13.2 Å². The van der Waals surface area contributed by atoms with E-state index in [-0.39, 0.29) is 30.1 Å². The van der Waals surface area contributed by atoms with E-state index >= 15 is 0 Å². The Bertz CT molecular complexity index is 772. The number of carbonyl (C=O) groups is 1. The number of benzene rings is 1. The van der Waals surface area contributed by atoms with Crippen LogP contribution in [-0.2, 0) is 24.0 Å². The third kappa shape index (κ3) is 4.74. The standard InChI is InChI=1S/C17H18F3N3O3/c1-23(16(24)11-5-6-11)8-7-14-21-15(26-22-14)10-25-13-4-2-3-12(9-13)17(18,19)20/h2-4,9,11H,5-8,10H2,1H3. The molecule has 1 amide bonds. The van der Waals surface area contributed by atoms with Gasteiger partial charge in [-0.25, -0.2) is 0 Å². The van der Waals surface area contributed by atoms with E-state index in [9.17, 15) is 18.0 Å². The molecule has 0 aliphatic heterocycles. The third-order valence-electron chi connectivity index (χ3n) is 4.01. The van der Waals surface area contributed by atoms with Gasteiger partial charge in [0.2, 0.25) is 5.91 Å². The Labute approximate surface area is 147 Å². The van der Waals surface area contributed by atoms with Crippen LogP contribution in [0.2, 0.25) is 0 Å². The number of hydrogen-bond donors (Lipinski definition) is 0. The van der Waals surface area contributed by atoms with Crippen molar-refractivity contribution >= 4 is 5.91 Å². The van der Waals surface area contributed by atoms with Crippen molar-refractivity contribution in [3.05, 3.63) is 41.5 Å². The number of ether oxygens (including phenoxy) is 1. The molecule has 1 aliphatic carbocycles. The second-order valence-electron chi connectivity index (χ2n) is 6.20. The van der Waals surface area contributed by atoms with E-state index in [0.717, 1.165) is 25.0 Å². The lowest BCUT2D eigenvalue weighted by atomic mass is 10.2. The predicted octanol–water partition coefficient (Wildman–Crippen LogP) is 3.08. The number of nitrogens with zero attached hydrogens (tertiary/aromatic N) is 3. The van der Waals surface area contributed by atoms with Crippen molar-refractivity contribution in [1.29, 1.82) is 0 Å². The van der Waals surface area contributed by atoms with Gasteiger partial charge in [0.25, 0.3) is 5.89 Å². The van der Waals surface area contributed by atoms with Gasteiger partial charge in [-0.1, -0.05) is 11.2 Å². The zero-order chi connectivity index (χ0) is 18.7. The summed E-state index contributed by atoms with van der Waals surface area (Å²) < 4.78 is 48.3. The second kappa shape index (κ2) is 7.35. The molecule has 0 saturated heterocycles. The van der Waals surface area contributed by atoms with Crippen molar-refractivity contribution in [2.75, 3.05) is 13.6 Å². The maximum absolute atomic E-state index is 12.7. The first-order valence-electron chi connectivity index (χ1n) is 8.19. The molecule has 1 aromatic carbocycles. The first-order chi connectivity index (χ1) is 12.3. The second-order valence-corrected chi connectivity index (χ2v) is 6.20. The highest BCUT2D eigenvalue weighted by Gasteiger charge is 2.32. The fourth-order valence-corrected chi connectivity index (χ4v) is 2.38. The van der Waals surface area contributed by atoms with Gasteiger partial charge in [0, 0.05) is 25.9 Å². The molecule has 1 aliphatic rings. The molecule has 0 bridgehead atoms. The van der Waals surface area contributed by atoms with Gasteiger partial charge in [0.15, 0.2) is 12.4 Å². The van der Waals surface area contributed by atoms with E-state index in [2.05, 4.69) is 10.1 Å². The topological polar surface area (TPSA) is 68.5 Å². The Kier molecular flexibility index (Phi) is 5.15. The van der Waals surface area contributed by atoms with Crippen LogP contribution < -0.4 is 4.74 Å². The molecule has 0 spiro atoms. The summed E-state index contributed by atoms with van der Waals surface area (Å²) in [4.78, 5) is 17.6. The minimum absolute atomic E-state index is 0.0642. The number of alkyl halides is 3. The van der Waals surface area contributed by atoms with E-state index in [1.54, 1.807) is 11.9 Å². The molecule has 1 saturated carbocycles. The Hall–Kier alpha value is -2.58. The average molecular weight is 369 g/mol. The average Bonchev–Trinajstić information content (AvgIpc) is 3.36. The van der Waals surface area contributed by atoms with Crippen LogP contribution in [0.1, 0.15) is 30.1 Å². The molecule has 0 N–H and O–H groups in total. The third-order valence-corrected chi connectivity index (χ3v) is 4.01. The Morgan fingerprint density at radius 1 is 1.38 bits per heavy atom. The number of amides is 1. The first-order valence-corrected chi connectivity index (χ1v) is 8.19. The van der Waals surface area contributed by atoms with E-state index in [1.165, 1.54) is 12.1 Å². The molecular formula is C17H18F3N3O3. The number of carbonyl (C=O) groups excluding carboxylic acids is 1. The number of hydrogen-bond acceptors (Lipinski definition) is 5. The van der Waals surface area contributed by atoms with Gasteiger partial charge in [0.05, 0.1) is 5.56 Å². The van der Waals surface area contributed by atoms with Gasteiger partial charge >= 0.3 is 6.18 Å². The van der Waals surface area contributed by atoms with E-state index in [0.29, 0.717) is 18.8 Å². The summed E-state index contributed by atoms with van der Waals surface area (Å²) in [5.74, 6) is 0.925.